The number of nitrogens with zero attached hydrogens (tertiary/aromatic N) is 4. The van der Waals surface area contributed by atoms with Crippen molar-refractivity contribution in [2.75, 3.05) is 13.1 Å². The highest BCUT2D eigenvalue weighted by Gasteiger charge is 2.18. The Balaban J connectivity index is 1.28. The fourth-order valence-electron chi connectivity index (χ4n) is 2.99. The van der Waals surface area contributed by atoms with Crippen molar-refractivity contribution < 1.29 is 9.32 Å². The number of thiophene rings is 1. The van der Waals surface area contributed by atoms with Crippen molar-refractivity contribution in [3.63, 3.8) is 0 Å². The lowest BCUT2D eigenvalue weighted by Crippen LogP contribution is -2.29. The molecule has 0 aromatic carbocycles. The summed E-state index contributed by atoms with van der Waals surface area (Å²) in [5.41, 5.74) is 1.05. The highest BCUT2D eigenvalue weighted by Crippen LogP contribution is 2.22. The van der Waals surface area contributed by atoms with Gasteiger partial charge in [-0.2, -0.15) is 10.1 Å². The number of amides is 1. The average molecular weight is 372 g/mol. The van der Waals surface area contributed by atoms with Gasteiger partial charge in [0.15, 0.2) is 5.82 Å². The topological polar surface area (TPSA) is 97.9 Å². The van der Waals surface area contributed by atoms with Gasteiger partial charge in [-0.3, -0.25) is 9.48 Å². The minimum Gasteiger partial charge on any atom is -0.347 e. The van der Waals surface area contributed by atoms with Crippen molar-refractivity contribution in [2.24, 2.45) is 0 Å². The summed E-state index contributed by atoms with van der Waals surface area (Å²) in [6, 6.07) is 5.84. The number of carbonyl (C=O) groups is 1. The van der Waals surface area contributed by atoms with Crippen molar-refractivity contribution in [2.45, 2.75) is 31.8 Å². The SMILES string of the molecule is O=C(Cn1ccc([C@@H]2CCCNC2)n1)NCc1noc(-c2cccs2)n1. The molecule has 26 heavy (non-hydrogen) atoms. The maximum absolute atomic E-state index is 12.1. The molecule has 0 spiro atoms. The van der Waals surface area contributed by atoms with Gasteiger partial charge in [-0.25, -0.2) is 0 Å². The zero-order valence-electron chi connectivity index (χ0n) is 14.2. The number of carbonyl (C=O) groups excluding carboxylic acids is 1. The Bertz CT molecular complexity index is 850. The Morgan fingerprint density at radius 1 is 1.46 bits per heavy atom. The van der Waals surface area contributed by atoms with Crippen molar-refractivity contribution in [1.82, 2.24) is 30.6 Å². The molecule has 1 saturated heterocycles. The van der Waals surface area contributed by atoms with E-state index in [1.165, 1.54) is 11.3 Å². The van der Waals surface area contributed by atoms with Crippen LogP contribution in [0.5, 0.6) is 0 Å². The average Bonchev–Trinajstić information content (AvgIpc) is 3.41. The number of nitrogens with one attached hydrogen (secondary N) is 2. The van der Waals surface area contributed by atoms with E-state index < -0.39 is 0 Å². The molecule has 8 nitrogen and oxygen atoms in total. The van der Waals surface area contributed by atoms with Crippen LogP contribution in [0.25, 0.3) is 10.8 Å². The fourth-order valence-corrected chi connectivity index (χ4v) is 3.64. The summed E-state index contributed by atoms with van der Waals surface area (Å²) in [7, 11) is 0. The van der Waals surface area contributed by atoms with Gasteiger partial charge >= 0.3 is 0 Å². The zero-order chi connectivity index (χ0) is 17.8. The monoisotopic (exact) mass is 372 g/mol. The molecule has 1 aliphatic heterocycles. The summed E-state index contributed by atoms with van der Waals surface area (Å²) < 4.78 is 6.88. The molecule has 0 bridgehead atoms. The van der Waals surface area contributed by atoms with Crippen molar-refractivity contribution >= 4 is 17.2 Å². The lowest BCUT2D eigenvalue weighted by atomic mass is 9.97. The van der Waals surface area contributed by atoms with Crippen molar-refractivity contribution in [3.05, 3.63) is 41.3 Å². The molecule has 1 aliphatic rings. The van der Waals surface area contributed by atoms with E-state index in [2.05, 4.69) is 25.9 Å². The van der Waals surface area contributed by atoms with Gasteiger partial charge in [0.25, 0.3) is 5.89 Å². The molecular formula is C17H20N6O2S. The number of hydrogen-bond acceptors (Lipinski definition) is 7. The molecule has 0 saturated carbocycles. The summed E-state index contributed by atoms with van der Waals surface area (Å²) in [6.45, 7) is 2.43. The molecule has 4 rings (SSSR count). The van der Waals surface area contributed by atoms with Gasteiger partial charge in [0.2, 0.25) is 5.91 Å². The molecule has 3 aromatic rings. The summed E-state index contributed by atoms with van der Waals surface area (Å²) in [6.07, 6.45) is 4.16. The first-order valence-corrected chi connectivity index (χ1v) is 9.53. The van der Waals surface area contributed by atoms with E-state index in [-0.39, 0.29) is 19.0 Å². The predicted molar refractivity (Wildman–Crippen MR) is 96.5 cm³/mol. The third-order valence-electron chi connectivity index (χ3n) is 4.33. The standard InChI is InChI=1S/C17H20N6O2S/c24-16(11-23-7-5-13(21-23)12-3-1-6-18-9-12)19-10-15-20-17(25-22-15)14-4-2-8-26-14/h2,4-5,7-8,12,18H,1,3,6,9-11H2,(H,19,24)/t12-/m1/s1. The first kappa shape index (κ1) is 16.9. The molecule has 9 heteroatoms. The zero-order valence-corrected chi connectivity index (χ0v) is 15.0. The Kier molecular flexibility index (Phi) is 5.07. The summed E-state index contributed by atoms with van der Waals surface area (Å²) in [4.78, 5) is 17.3. The molecule has 1 atom stereocenters. The minimum absolute atomic E-state index is 0.135. The van der Waals surface area contributed by atoms with Crippen LogP contribution in [0, 0.1) is 0 Å². The molecule has 0 unspecified atom stereocenters. The van der Waals surface area contributed by atoms with Gasteiger partial charge in [-0.15, -0.1) is 11.3 Å². The van der Waals surface area contributed by atoms with Crippen molar-refractivity contribution in [1.29, 1.82) is 0 Å². The molecule has 1 amide bonds. The number of rotatable bonds is 6. The fraction of sp³-hybridized carbons (Fsp3) is 0.412. The minimum atomic E-state index is -0.135. The third-order valence-corrected chi connectivity index (χ3v) is 5.18. The molecular weight excluding hydrogens is 352 g/mol. The Hall–Kier alpha value is -2.52. The molecule has 4 heterocycles. The van der Waals surface area contributed by atoms with Crippen LogP contribution in [0.4, 0.5) is 0 Å². The van der Waals surface area contributed by atoms with E-state index >= 15 is 0 Å². The van der Waals surface area contributed by atoms with Crippen LogP contribution in [0.1, 0.15) is 30.3 Å². The molecule has 1 fully saturated rings. The second kappa shape index (κ2) is 7.79. The van der Waals surface area contributed by atoms with Gasteiger partial charge in [0.05, 0.1) is 17.1 Å². The lowest BCUT2D eigenvalue weighted by molar-refractivity contribution is -0.122. The lowest BCUT2D eigenvalue weighted by Gasteiger charge is -2.20. The normalized spacial score (nSPS) is 17.3. The summed E-state index contributed by atoms with van der Waals surface area (Å²) in [5, 5.41) is 16.6. The first-order valence-electron chi connectivity index (χ1n) is 8.65. The number of aromatic nitrogens is 4. The van der Waals surface area contributed by atoms with Gasteiger partial charge in [-0.1, -0.05) is 11.2 Å². The van der Waals surface area contributed by atoms with E-state index in [0.717, 1.165) is 36.5 Å². The highest BCUT2D eigenvalue weighted by molar-refractivity contribution is 7.13. The highest BCUT2D eigenvalue weighted by atomic mass is 32.1. The molecule has 0 radical (unpaired) electrons. The van der Waals surface area contributed by atoms with Crippen LogP contribution in [0.15, 0.2) is 34.3 Å². The maximum Gasteiger partial charge on any atom is 0.268 e. The Morgan fingerprint density at radius 2 is 2.42 bits per heavy atom. The van der Waals surface area contributed by atoms with Crippen LogP contribution in [0.2, 0.25) is 0 Å². The second-order valence-corrected chi connectivity index (χ2v) is 7.20. The van der Waals surface area contributed by atoms with Crippen LogP contribution >= 0.6 is 11.3 Å². The van der Waals surface area contributed by atoms with Gasteiger partial charge < -0.3 is 15.2 Å². The van der Waals surface area contributed by atoms with Crippen molar-refractivity contribution in [3.8, 4) is 10.8 Å². The number of piperidine rings is 1. The van der Waals surface area contributed by atoms with Crippen LogP contribution in [-0.2, 0) is 17.9 Å². The van der Waals surface area contributed by atoms with E-state index in [1.807, 2.05) is 29.8 Å². The Labute approximate surface area is 154 Å². The molecule has 136 valence electrons. The van der Waals surface area contributed by atoms with Crippen LogP contribution in [0.3, 0.4) is 0 Å². The second-order valence-electron chi connectivity index (χ2n) is 6.25. The first-order chi connectivity index (χ1) is 12.8. The van der Waals surface area contributed by atoms with Gasteiger partial charge in [0.1, 0.15) is 6.54 Å². The van der Waals surface area contributed by atoms with E-state index in [4.69, 9.17) is 4.52 Å². The van der Waals surface area contributed by atoms with E-state index in [9.17, 15) is 4.79 Å². The molecule has 3 aromatic heterocycles. The smallest absolute Gasteiger partial charge is 0.268 e. The summed E-state index contributed by atoms with van der Waals surface area (Å²) >= 11 is 1.53. The van der Waals surface area contributed by atoms with Gasteiger partial charge in [0, 0.05) is 18.7 Å². The van der Waals surface area contributed by atoms with E-state index in [0.29, 0.717) is 17.6 Å². The Morgan fingerprint density at radius 3 is 3.23 bits per heavy atom. The van der Waals surface area contributed by atoms with Gasteiger partial charge in [-0.05, 0) is 36.9 Å². The largest absolute Gasteiger partial charge is 0.347 e. The third kappa shape index (κ3) is 4.00. The summed E-state index contributed by atoms with van der Waals surface area (Å²) in [5.74, 6) is 1.23. The quantitative estimate of drug-likeness (QED) is 0.684. The van der Waals surface area contributed by atoms with Crippen LogP contribution in [-0.4, -0.2) is 38.9 Å². The maximum atomic E-state index is 12.1. The van der Waals surface area contributed by atoms with Crippen LogP contribution < -0.4 is 10.6 Å². The van der Waals surface area contributed by atoms with E-state index in [1.54, 1.807) is 4.68 Å². The predicted octanol–water partition coefficient (Wildman–Crippen LogP) is 1.78. The molecule has 2 N–H and O–H groups in total. The number of hydrogen-bond donors (Lipinski definition) is 2. The molecule has 0 aliphatic carbocycles.